The second-order valence-electron chi connectivity index (χ2n) is 7.13. The molecule has 2 amide bonds. The Morgan fingerprint density at radius 3 is 2.43 bits per heavy atom. The van der Waals surface area contributed by atoms with Crippen molar-refractivity contribution in [3.63, 3.8) is 0 Å². The van der Waals surface area contributed by atoms with Crippen molar-refractivity contribution < 1.29 is 19.5 Å². The molecule has 3 rings (SSSR count). The fraction of sp³-hybridized carbons (Fsp3) is 0.318. The molecule has 0 bridgehead atoms. The van der Waals surface area contributed by atoms with Gasteiger partial charge in [-0.25, -0.2) is 4.79 Å². The highest BCUT2D eigenvalue weighted by Crippen LogP contribution is 2.28. The van der Waals surface area contributed by atoms with Gasteiger partial charge < -0.3 is 15.3 Å². The normalized spacial score (nSPS) is 15.2. The molecule has 2 N–H and O–H groups in total. The van der Waals surface area contributed by atoms with Crippen LogP contribution >= 0.6 is 0 Å². The van der Waals surface area contributed by atoms with Gasteiger partial charge in [0, 0.05) is 18.7 Å². The summed E-state index contributed by atoms with van der Waals surface area (Å²) in [5, 5.41) is 12.2. The van der Waals surface area contributed by atoms with E-state index in [1.54, 1.807) is 17.9 Å². The summed E-state index contributed by atoms with van der Waals surface area (Å²) in [6.07, 6.45) is 2.12. The third-order valence-corrected chi connectivity index (χ3v) is 5.09. The molecule has 0 radical (unpaired) electrons. The molecule has 2 aromatic carbocycles. The van der Waals surface area contributed by atoms with Crippen LogP contribution in [0.15, 0.2) is 42.5 Å². The summed E-state index contributed by atoms with van der Waals surface area (Å²) in [6.45, 7) is 4.07. The predicted molar refractivity (Wildman–Crippen MR) is 106 cm³/mol. The lowest BCUT2D eigenvalue weighted by Crippen LogP contribution is -2.43. The van der Waals surface area contributed by atoms with Gasteiger partial charge in [0.05, 0.1) is 5.56 Å². The highest BCUT2D eigenvalue weighted by Gasteiger charge is 2.33. The largest absolute Gasteiger partial charge is 0.478 e. The Morgan fingerprint density at radius 2 is 1.79 bits per heavy atom. The molecule has 1 saturated heterocycles. The molecule has 0 saturated carbocycles. The first-order valence-corrected chi connectivity index (χ1v) is 9.38. The van der Waals surface area contributed by atoms with E-state index in [4.69, 9.17) is 0 Å². The number of piperidine rings is 1. The number of aryl methyl sites for hydroxylation is 2. The Bertz CT molecular complexity index is 908. The molecule has 28 heavy (non-hydrogen) atoms. The topological polar surface area (TPSA) is 86.7 Å². The Balaban J connectivity index is 1.95. The zero-order valence-electron chi connectivity index (χ0n) is 16.1. The van der Waals surface area contributed by atoms with Crippen molar-refractivity contribution in [2.24, 2.45) is 0 Å². The van der Waals surface area contributed by atoms with Gasteiger partial charge in [-0.05, 0) is 49.4 Å². The molecule has 0 spiro atoms. The molecule has 6 heteroatoms. The van der Waals surface area contributed by atoms with E-state index in [1.807, 2.05) is 37.3 Å². The minimum absolute atomic E-state index is 0.0397. The van der Waals surface area contributed by atoms with Gasteiger partial charge in [-0.3, -0.25) is 9.59 Å². The molecular formula is C22H24N2O4. The van der Waals surface area contributed by atoms with E-state index in [0.29, 0.717) is 24.2 Å². The van der Waals surface area contributed by atoms with Crippen LogP contribution in [0.3, 0.4) is 0 Å². The van der Waals surface area contributed by atoms with Crippen molar-refractivity contribution in [2.45, 2.75) is 39.2 Å². The summed E-state index contributed by atoms with van der Waals surface area (Å²) in [5.74, 6) is -1.43. The smallest absolute Gasteiger partial charge is 0.336 e. The van der Waals surface area contributed by atoms with Crippen molar-refractivity contribution in [2.75, 3.05) is 11.9 Å². The predicted octanol–water partition coefficient (Wildman–Crippen LogP) is 3.69. The van der Waals surface area contributed by atoms with Gasteiger partial charge >= 0.3 is 5.97 Å². The van der Waals surface area contributed by atoms with Crippen LogP contribution in [0.25, 0.3) is 0 Å². The highest BCUT2D eigenvalue weighted by atomic mass is 16.4. The third-order valence-electron chi connectivity index (χ3n) is 5.09. The van der Waals surface area contributed by atoms with Gasteiger partial charge in [0.1, 0.15) is 6.04 Å². The van der Waals surface area contributed by atoms with Gasteiger partial charge in [0.2, 0.25) is 5.91 Å². The number of rotatable bonds is 5. The lowest BCUT2D eigenvalue weighted by atomic mass is 9.99. The number of carbonyl (C=O) groups excluding carboxylic acids is 2. The van der Waals surface area contributed by atoms with E-state index in [2.05, 4.69) is 5.32 Å². The minimum Gasteiger partial charge on any atom is -0.478 e. The number of hydrogen-bond acceptors (Lipinski definition) is 3. The van der Waals surface area contributed by atoms with E-state index < -0.39 is 12.0 Å². The third kappa shape index (κ3) is 4.06. The average molecular weight is 380 g/mol. The highest BCUT2D eigenvalue weighted by molar-refractivity contribution is 6.00. The molecule has 146 valence electrons. The van der Waals surface area contributed by atoms with E-state index in [9.17, 15) is 19.5 Å². The molecule has 1 aliphatic heterocycles. The Morgan fingerprint density at radius 1 is 1.07 bits per heavy atom. The van der Waals surface area contributed by atoms with Gasteiger partial charge in [0.15, 0.2) is 0 Å². The lowest BCUT2D eigenvalue weighted by molar-refractivity contribution is -0.141. The van der Waals surface area contributed by atoms with Gasteiger partial charge in [-0.15, -0.1) is 0 Å². The van der Waals surface area contributed by atoms with Crippen LogP contribution in [0.1, 0.15) is 52.4 Å². The first-order chi connectivity index (χ1) is 13.4. The average Bonchev–Trinajstić information content (AvgIpc) is 2.66. The number of amides is 2. The van der Waals surface area contributed by atoms with Crippen LogP contribution in [0.5, 0.6) is 0 Å². The number of aromatic carboxylic acids is 1. The van der Waals surface area contributed by atoms with Crippen LogP contribution in [0.2, 0.25) is 0 Å². The summed E-state index contributed by atoms with van der Waals surface area (Å²) in [6, 6.07) is 11.7. The first-order valence-electron chi connectivity index (χ1n) is 9.38. The summed E-state index contributed by atoms with van der Waals surface area (Å²) >= 11 is 0. The molecule has 0 aliphatic carbocycles. The van der Waals surface area contributed by atoms with E-state index in [-0.39, 0.29) is 17.4 Å². The zero-order valence-corrected chi connectivity index (χ0v) is 16.1. The summed E-state index contributed by atoms with van der Waals surface area (Å²) in [4.78, 5) is 38.8. The maximum atomic E-state index is 13.2. The number of carboxylic acids is 1. The van der Waals surface area contributed by atoms with Crippen molar-refractivity contribution in [1.82, 2.24) is 4.90 Å². The van der Waals surface area contributed by atoms with Crippen molar-refractivity contribution >= 4 is 23.5 Å². The Kier molecular flexibility index (Phi) is 5.78. The number of nitrogens with zero attached hydrogens (tertiary/aromatic N) is 1. The first kappa shape index (κ1) is 19.6. The number of carboxylic acid groups (broad SMARTS) is 1. The number of carbonyl (C=O) groups is 3. The van der Waals surface area contributed by atoms with Crippen LogP contribution in [-0.2, 0) is 9.59 Å². The van der Waals surface area contributed by atoms with Crippen LogP contribution in [-0.4, -0.2) is 34.3 Å². The molecule has 1 heterocycles. The lowest BCUT2D eigenvalue weighted by Gasteiger charge is -2.34. The molecule has 0 aromatic heterocycles. The maximum absolute atomic E-state index is 13.2. The molecular weight excluding hydrogens is 356 g/mol. The maximum Gasteiger partial charge on any atom is 0.336 e. The standard InChI is InChI=1S/C22H24N2O4/c1-14-12-15(2)18(13-17(14)22(27)28)23-21(26)20(16-8-4-3-5-9-16)24-11-7-6-10-19(24)25/h3-5,8-9,12-13,20H,6-7,10-11H2,1-2H3,(H,23,26)(H,27,28). The molecule has 6 nitrogen and oxygen atoms in total. The van der Waals surface area contributed by atoms with Crippen molar-refractivity contribution in [3.8, 4) is 0 Å². The van der Waals surface area contributed by atoms with Crippen molar-refractivity contribution in [3.05, 3.63) is 64.7 Å². The monoisotopic (exact) mass is 380 g/mol. The van der Waals surface area contributed by atoms with Crippen LogP contribution in [0.4, 0.5) is 5.69 Å². The van der Waals surface area contributed by atoms with Crippen molar-refractivity contribution in [1.29, 1.82) is 0 Å². The molecule has 2 aromatic rings. The van der Waals surface area contributed by atoms with E-state index in [1.165, 1.54) is 6.07 Å². The van der Waals surface area contributed by atoms with Gasteiger partial charge in [-0.1, -0.05) is 36.4 Å². The van der Waals surface area contributed by atoms with E-state index in [0.717, 1.165) is 24.0 Å². The molecule has 1 atom stereocenters. The number of benzene rings is 2. The fourth-order valence-electron chi connectivity index (χ4n) is 3.63. The van der Waals surface area contributed by atoms with Gasteiger partial charge in [-0.2, -0.15) is 0 Å². The fourth-order valence-corrected chi connectivity index (χ4v) is 3.63. The number of anilines is 1. The summed E-state index contributed by atoms with van der Waals surface area (Å²) < 4.78 is 0. The molecule has 1 unspecified atom stereocenters. The molecule has 1 fully saturated rings. The van der Waals surface area contributed by atoms with Gasteiger partial charge in [0.25, 0.3) is 5.91 Å². The Labute approximate surface area is 164 Å². The number of nitrogens with one attached hydrogen (secondary N) is 1. The summed E-state index contributed by atoms with van der Waals surface area (Å²) in [5.41, 5.74) is 2.73. The second kappa shape index (κ2) is 8.25. The van der Waals surface area contributed by atoms with Crippen LogP contribution in [0, 0.1) is 13.8 Å². The zero-order chi connectivity index (χ0) is 20.3. The number of likely N-dealkylation sites (tertiary alicyclic amines) is 1. The SMILES string of the molecule is Cc1cc(C)c(C(=O)O)cc1NC(=O)C(c1ccccc1)N1CCCCC1=O. The second-order valence-corrected chi connectivity index (χ2v) is 7.13. The quantitative estimate of drug-likeness (QED) is 0.828. The Hall–Kier alpha value is -3.15. The van der Waals surface area contributed by atoms with Crippen LogP contribution < -0.4 is 5.32 Å². The number of hydrogen-bond donors (Lipinski definition) is 2. The van der Waals surface area contributed by atoms with E-state index >= 15 is 0 Å². The summed E-state index contributed by atoms with van der Waals surface area (Å²) in [7, 11) is 0. The molecule has 1 aliphatic rings. The minimum atomic E-state index is -1.04.